The number of methoxy groups -OCH3 is 1. The first-order valence-corrected chi connectivity index (χ1v) is 10.3. The number of hydrogen-bond acceptors (Lipinski definition) is 7. The fraction of sp³-hybridized carbons (Fsp3) is 0.538. The van der Waals surface area contributed by atoms with E-state index >= 15 is 0 Å². The molecule has 0 radical (unpaired) electrons. The number of hydrogen-bond donors (Lipinski definition) is 3. The molecule has 2 atom stereocenters. The van der Waals surface area contributed by atoms with Crippen LogP contribution in [0.15, 0.2) is 29.2 Å². The Kier molecular flexibility index (Phi) is 5.63. The maximum Gasteiger partial charge on any atom is 0.240 e. The largest absolute Gasteiger partial charge is 0.497 e. The first-order chi connectivity index (χ1) is 10.7. The number of aliphatic hydroxyl groups is 1. The molecule has 8 nitrogen and oxygen atoms in total. The van der Waals surface area contributed by atoms with Crippen LogP contribution in [0.3, 0.4) is 0 Å². The van der Waals surface area contributed by atoms with Gasteiger partial charge in [-0.3, -0.25) is 0 Å². The Morgan fingerprint density at radius 1 is 1.22 bits per heavy atom. The van der Waals surface area contributed by atoms with Crippen molar-refractivity contribution in [3.8, 4) is 5.75 Å². The fourth-order valence-electron chi connectivity index (χ4n) is 2.31. The van der Waals surface area contributed by atoms with Gasteiger partial charge in [0.05, 0.1) is 29.6 Å². The van der Waals surface area contributed by atoms with Crippen molar-refractivity contribution in [3.63, 3.8) is 0 Å². The number of sulfonamides is 1. The average Bonchev–Trinajstić information content (AvgIpc) is 2.76. The molecule has 1 aliphatic heterocycles. The van der Waals surface area contributed by atoms with Crippen molar-refractivity contribution in [1.29, 1.82) is 0 Å². The summed E-state index contributed by atoms with van der Waals surface area (Å²) in [6.45, 7) is 0.296. The third kappa shape index (κ3) is 4.88. The van der Waals surface area contributed by atoms with Gasteiger partial charge >= 0.3 is 0 Å². The molecule has 0 aliphatic carbocycles. The Bertz CT molecular complexity index is 730. The molecule has 3 N–H and O–H groups in total. The topological polar surface area (TPSA) is 122 Å². The minimum absolute atomic E-state index is 0.0810. The van der Waals surface area contributed by atoms with E-state index < -0.39 is 32.0 Å². The molecule has 0 saturated carbocycles. The molecule has 0 aromatic heterocycles. The van der Waals surface area contributed by atoms with Crippen molar-refractivity contribution in [1.82, 2.24) is 10.0 Å². The van der Waals surface area contributed by atoms with Crippen molar-refractivity contribution < 1.29 is 26.7 Å². The van der Waals surface area contributed by atoms with Gasteiger partial charge in [-0.2, -0.15) is 0 Å². The molecular weight excluding hydrogens is 344 g/mol. The van der Waals surface area contributed by atoms with Gasteiger partial charge in [0.25, 0.3) is 0 Å². The summed E-state index contributed by atoms with van der Waals surface area (Å²) in [4.78, 5) is 0.113. The summed E-state index contributed by atoms with van der Waals surface area (Å²) < 4.78 is 54.2. The molecule has 1 aromatic carbocycles. The van der Waals surface area contributed by atoms with E-state index in [9.17, 15) is 21.9 Å². The molecule has 1 heterocycles. The van der Waals surface area contributed by atoms with Crippen molar-refractivity contribution in [2.45, 2.75) is 17.0 Å². The minimum atomic E-state index is -3.64. The highest BCUT2D eigenvalue weighted by Gasteiger charge is 2.35. The SMILES string of the molecule is COc1ccc(S(=O)(=O)NCCN[C@@H]2CS(=O)(=O)C[C@H]2O)cc1. The molecule has 1 aromatic rings. The predicted octanol–water partition coefficient (Wildman–Crippen LogP) is -1.28. The zero-order chi connectivity index (χ0) is 17.1. The Morgan fingerprint density at radius 2 is 1.87 bits per heavy atom. The molecule has 23 heavy (non-hydrogen) atoms. The van der Waals surface area contributed by atoms with Gasteiger partial charge in [0.2, 0.25) is 10.0 Å². The normalized spacial score (nSPS) is 23.7. The van der Waals surface area contributed by atoms with Crippen molar-refractivity contribution in [2.24, 2.45) is 0 Å². The Hall–Kier alpha value is -1.20. The van der Waals surface area contributed by atoms with Crippen LogP contribution in [0, 0.1) is 0 Å². The maximum atomic E-state index is 12.1. The highest BCUT2D eigenvalue weighted by molar-refractivity contribution is 7.91. The second-order valence-corrected chi connectivity index (χ2v) is 9.20. The molecule has 0 bridgehead atoms. The van der Waals surface area contributed by atoms with E-state index in [1.807, 2.05) is 0 Å². The van der Waals surface area contributed by atoms with Crippen LogP contribution < -0.4 is 14.8 Å². The molecule has 2 rings (SSSR count). The smallest absolute Gasteiger partial charge is 0.240 e. The van der Waals surface area contributed by atoms with E-state index in [4.69, 9.17) is 4.74 Å². The third-order valence-corrected chi connectivity index (χ3v) is 6.71. The first-order valence-electron chi connectivity index (χ1n) is 6.99. The quantitative estimate of drug-likeness (QED) is 0.515. The van der Waals surface area contributed by atoms with Crippen LogP contribution in [-0.2, 0) is 19.9 Å². The molecule has 1 aliphatic rings. The van der Waals surface area contributed by atoms with Crippen molar-refractivity contribution >= 4 is 19.9 Å². The van der Waals surface area contributed by atoms with Crippen LogP contribution in [0.1, 0.15) is 0 Å². The summed E-state index contributed by atoms with van der Waals surface area (Å²) in [5, 5.41) is 12.5. The first kappa shape index (κ1) is 18.1. The van der Waals surface area contributed by atoms with E-state index in [2.05, 4.69) is 10.0 Å². The van der Waals surface area contributed by atoms with Crippen LogP contribution in [0.4, 0.5) is 0 Å². The lowest BCUT2D eigenvalue weighted by Crippen LogP contribution is -2.42. The van der Waals surface area contributed by atoms with Gasteiger partial charge in [-0.05, 0) is 24.3 Å². The highest BCUT2D eigenvalue weighted by Crippen LogP contribution is 2.15. The standard InChI is InChI=1S/C13H20N2O6S2/c1-21-10-2-4-11(5-3-10)23(19,20)15-7-6-14-12-8-22(17,18)9-13(12)16/h2-5,12-16H,6-9H2,1H3/t12-,13-/m1/s1. The molecule has 1 fully saturated rings. The predicted molar refractivity (Wildman–Crippen MR) is 84.6 cm³/mol. The molecule has 0 amide bonds. The van der Waals surface area contributed by atoms with Crippen molar-refractivity contribution in [2.75, 3.05) is 31.7 Å². The van der Waals surface area contributed by atoms with Gasteiger partial charge in [-0.1, -0.05) is 0 Å². The Balaban J connectivity index is 1.83. The van der Waals surface area contributed by atoms with Crippen LogP contribution in [0.5, 0.6) is 5.75 Å². The average molecular weight is 364 g/mol. The summed E-state index contributed by atoms with van der Waals surface area (Å²) in [7, 11) is -5.38. The number of nitrogens with one attached hydrogen (secondary N) is 2. The number of aliphatic hydroxyl groups excluding tert-OH is 1. The second kappa shape index (κ2) is 7.14. The maximum absolute atomic E-state index is 12.1. The van der Waals surface area contributed by atoms with E-state index in [1.165, 1.54) is 19.2 Å². The minimum Gasteiger partial charge on any atom is -0.497 e. The summed E-state index contributed by atoms with van der Waals surface area (Å²) in [6.07, 6.45) is -0.960. The number of sulfone groups is 1. The summed E-state index contributed by atoms with van der Waals surface area (Å²) in [6, 6.07) is 5.40. The molecular formula is C13H20N2O6S2. The molecule has 130 valence electrons. The molecule has 0 spiro atoms. The highest BCUT2D eigenvalue weighted by atomic mass is 32.2. The molecule has 0 unspecified atom stereocenters. The summed E-state index contributed by atoms with van der Waals surface area (Å²) >= 11 is 0. The van der Waals surface area contributed by atoms with Crippen LogP contribution in [0.25, 0.3) is 0 Å². The lowest BCUT2D eigenvalue weighted by Gasteiger charge is -2.15. The van der Waals surface area contributed by atoms with Gasteiger partial charge in [-0.25, -0.2) is 21.6 Å². The molecule has 1 saturated heterocycles. The third-order valence-electron chi connectivity index (χ3n) is 3.52. The molecule has 10 heteroatoms. The van der Waals surface area contributed by atoms with Crippen LogP contribution in [-0.4, -0.2) is 65.8 Å². The Morgan fingerprint density at radius 3 is 2.39 bits per heavy atom. The monoisotopic (exact) mass is 364 g/mol. The summed E-state index contributed by atoms with van der Waals surface area (Å²) in [5.41, 5.74) is 0. The van der Waals surface area contributed by atoms with E-state index in [0.717, 1.165) is 0 Å². The lowest BCUT2D eigenvalue weighted by molar-refractivity contribution is 0.166. The number of rotatable bonds is 7. The van der Waals surface area contributed by atoms with E-state index in [0.29, 0.717) is 5.75 Å². The zero-order valence-electron chi connectivity index (χ0n) is 12.6. The second-order valence-electron chi connectivity index (χ2n) is 5.28. The zero-order valence-corrected chi connectivity index (χ0v) is 14.2. The van der Waals surface area contributed by atoms with Gasteiger partial charge in [0.15, 0.2) is 9.84 Å². The fourth-order valence-corrected chi connectivity index (χ4v) is 5.11. The number of benzene rings is 1. The van der Waals surface area contributed by atoms with Crippen molar-refractivity contribution in [3.05, 3.63) is 24.3 Å². The summed E-state index contributed by atoms with van der Waals surface area (Å²) in [5.74, 6) is 0.156. The number of ether oxygens (including phenoxy) is 1. The Labute approximate surface area is 135 Å². The van der Waals surface area contributed by atoms with Gasteiger partial charge in [-0.15, -0.1) is 0 Å². The van der Waals surface area contributed by atoms with Gasteiger partial charge < -0.3 is 15.2 Å². The van der Waals surface area contributed by atoms with E-state index in [1.54, 1.807) is 12.1 Å². The van der Waals surface area contributed by atoms with Gasteiger partial charge in [0, 0.05) is 19.1 Å². The lowest BCUT2D eigenvalue weighted by atomic mass is 10.2. The van der Waals surface area contributed by atoms with Gasteiger partial charge in [0.1, 0.15) is 5.75 Å². The van der Waals surface area contributed by atoms with E-state index in [-0.39, 0.29) is 29.5 Å². The van der Waals surface area contributed by atoms with Crippen LogP contribution >= 0.6 is 0 Å². The van der Waals surface area contributed by atoms with Crippen LogP contribution in [0.2, 0.25) is 0 Å².